The number of nitrogens with zero attached hydrogens (tertiary/aromatic N) is 1. The molecule has 0 aliphatic rings. The van der Waals surface area contributed by atoms with Crippen LogP contribution in [0.1, 0.15) is 28.4 Å². The van der Waals surface area contributed by atoms with Crippen LogP contribution in [0.25, 0.3) is 11.1 Å². The normalized spacial score (nSPS) is 10.0. The van der Waals surface area contributed by atoms with Gasteiger partial charge >= 0.3 is 0 Å². The van der Waals surface area contributed by atoms with Crippen LogP contribution in [0.5, 0.6) is 5.75 Å². The quantitative estimate of drug-likeness (QED) is 0.674. The summed E-state index contributed by atoms with van der Waals surface area (Å²) in [6.45, 7) is 1.39. The lowest BCUT2D eigenvalue weighted by Crippen LogP contribution is -2.12. The average Bonchev–Trinajstić information content (AvgIpc) is 2.73. The second-order valence-electron chi connectivity index (χ2n) is 6.20. The number of methoxy groups -OCH3 is 1. The summed E-state index contributed by atoms with van der Waals surface area (Å²) >= 11 is 0. The van der Waals surface area contributed by atoms with Crippen LogP contribution in [0.4, 0.5) is 5.69 Å². The van der Waals surface area contributed by atoms with Crippen molar-refractivity contribution < 1.29 is 14.3 Å². The van der Waals surface area contributed by atoms with Crippen LogP contribution < -0.4 is 10.1 Å². The topological polar surface area (TPSA) is 79.2 Å². The van der Waals surface area contributed by atoms with Crippen molar-refractivity contribution in [3.63, 3.8) is 0 Å². The number of carbonyl (C=O) groups is 2. The van der Waals surface area contributed by atoms with Gasteiger partial charge in [0.1, 0.15) is 5.75 Å². The SMILES string of the molecule is COc1cc(C#N)cc(-c2ccc(C(=O)c3ccccc3)c(NC(C)=O)c2)c1. The third-order valence-corrected chi connectivity index (χ3v) is 4.22. The van der Waals surface area contributed by atoms with Crippen molar-refractivity contribution in [3.8, 4) is 22.9 Å². The fourth-order valence-electron chi connectivity index (χ4n) is 2.91. The van der Waals surface area contributed by atoms with Crippen molar-refractivity contribution in [2.75, 3.05) is 12.4 Å². The van der Waals surface area contributed by atoms with Crippen LogP contribution in [0.3, 0.4) is 0 Å². The van der Waals surface area contributed by atoms with Crippen LogP contribution in [-0.2, 0) is 4.79 Å². The Morgan fingerprint density at radius 2 is 1.71 bits per heavy atom. The highest BCUT2D eigenvalue weighted by Gasteiger charge is 2.16. The zero-order chi connectivity index (χ0) is 20.1. The van der Waals surface area contributed by atoms with Gasteiger partial charge in [0, 0.05) is 18.1 Å². The molecule has 3 rings (SSSR count). The molecule has 5 nitrogen and oxygen atoms in total. The lowest BCUT2D eigenvalue weighted by atomic mass is 9.96. The second kappa shape index (κ2) is 8.19. The Morgan fingerprint density at radius 1 is 0.964 bits per heavy atom. The van der Waals surface area contributed by atoms with E-state index in [-0.39, 0.29) is 11.7 Å². The lowest BCUT2D eigenvalue weighted by molar-refractivity contribution is -0.114. The van der Waals surface area contributed by atoms with E-state index in [9.17, 15) is 14.9 Å². The summed E-state index contributed by atoms with van der Waals surface area (Å²) < 4.78 is 5.26. The molecule has 0 unspecified atom stereocenters. The van der Waals surface area contributed by atoms with E-state index in [1.165, 1.54) is 14.0 Å². The molecule has 0 heterocycles. The monoisotopic (exact) mass is 370 g/mol. The number of nitriles is 1. The zero-order valence-corrected chi connectivity index (χ0v) is 15.5. The number of carbonyl (C=O) groups excluding carboxylic acids is 2. The van der Waals surface area contributed by atoms with Crippen LogP contribution in [0.15, 0.2) is 66.7 Å². The maximum Gasteiger partial charge on any atom is 0.221 e. The van der Waals surface area contributed by atoms with E-state index in [0.717, 1.165) is 11.1 Å². The summed E-state index contributed by atoms with van der Waals surface area (Å²) in [5, 5.41) is 12.0. The van der Waals surface area contributed by atoms with E-state index >= 15 is 0 Å². The molecular weight excluding hydrogens is 352 g/mol. The molecule has 3 aromatic carbocycles. The minimum atomic E-state index is -0.275. The van der Waals surface area contributed by atoms with E-state index in [4.69, 9.17) is 4.74 Å². The minimum Gasteiger partial charge on any atom is -0.497 e. The number of amides is 1. The molecule has 0 aromatic heterocycles. The molecule has 0 radical (unpaired) electrons. The number of hydrogen-bond donors (Lipinski definition) is 1. The zero-order valence-electron chi connectivity index (χ0n) is 15.5. The molecule has 0 bridgehead atoms. The Balaban J connectivity index is 2.10. The first-order chi connectivity index (χ1) is 13.5. The molecule has 0 fully saturated rings. The van der Waals surface area contributed by atoms with E-state index in [2.05, 4.69) is 11.4 Å². The van der Waals surface area contributed by atoms with Gasteiger partial charge in [0.15, 0.2) is 5.78 Å². The van der Waals surface area contributed by atoms with Gasteiger partial charge in [0.25, 0.3) is 0 Å². The van der Waals surface area contributed by atoms with E-state index in [1.54, 1.807) is 60.7 Å². The molecule has 138 valence electrons. The first-order valence-corrected chi connectivity index (χ1v) is 8.62. The summed E-state index contributed by atoms with van der Waals surface area (Å²) in [5.41, 5.74) is 3.31. The van der Waals surface area contributed by atoms with Gasteiger partial charge in [-0.3, -0.25) is 9.59 Å². The number of rotatable bonds is 5. The van der Waals surface area contributed by atoms with Gasteiger partial charge in [-0.25, -0.2) is 0 Å². The summed E-state index contributed by atoms with van der Waals surface area (Å²) in [6, 6.07) is 21.4. The Kier molecular flexibility index (Phi) is 5.52. The van der Waals surface area contributed by atoms with Crippen molar-refractivity contribution in [2.45, 2.75) is 6.92 Å². The molecule has 3 aromatic rings. The molecule has 0 saturated heterocycles. The first kappa shape index (κ1) is 18.9. The van der Waals surface area contributed by atoms with Gasteiger partial charge in [0.2, 0.25) is 5.91 Å². The molecule has 0 aliphatic heterocycles. The van der Waals surface area contributed by atoms with E-state index < -0.39 is 0 Å². The smallest absolute Gasteiger partial charge is 0.221 e. The Bertz CT molecular complexity index is 1080. The standard InChI is InChI=1S/C23H18N2O3/c1-15(26)25-22-13-18(19-10-16(14-24)11-20(12-19)28-2)8-9-21(22)23(27)17-6-4-3-5-7-17/h3-13H,1-2H3,(H,25,26). The summed E-state index contributed by atoms with van der Waals surface area (Å²) in [7, 11) is 1.53. The van der Waals surface area contributed by atoms with Crippen molar-refractivity contribution in [1.82, 2.24) is 0 Å². The van der Waals surface area contributed by atoms with Crippen LogP contribution in [0, 0.1) is 11.3 Å². The van der Waals surface area contributed by atoms with Gasteiger partial charge in [-0.2, -0.15) is 5.26 Å². The third kappa shape index (κ3) is 4.08. The van der Waals surface area contributed by atoms with Crippen molar-refractivity contribution in [1.29, 1.82) is 5.26 Å². The van der Waals surface area contributed by atoms with Crippen molar-refractivity contribution >= 4 is 17.4 Å². The number of ketones is 1. The minimum absolute atomic E-state index is 0.181. The molecule has 28 heavy (non-hydrogen) atoms. The highest BCUT2D eigenvalue weighted by atomic mass is 16.5. The number of hydrogen-bond acceptors (Lipinski definition) is 4. The largest absolute Gasteiger partial charge is 0.497 e. The number of ether oxygens (including phenoxy) is 1. The van der Waals surface area contributed by atoms with Crippen LogP contribution in [0.2, 0.25) is 0 Å². The Labute approximate surface area is 163 Å². The van der Waals surface area contributed by atoms with Gasteiger partial charge in [0.05, 0.1) is 24.4 Å². The fraction of sp³-hybridized carbons (Fsp3) is 0.0870. The van der Waals surface area contributed by atoms with Gasteiger partial charge in [-0.1, -0.05) is 36.4 Å². The van der Waals surface area contributed by atoms with Gasteiger partial charge in [-0.05, 0) is 41.5 Å². The number of nitrogens with one attached hydrogen (secondary N) is 1. The van der Waals surface area contributed by atoms with Crippen molar-refractivity contribution in [3.05, 3.63) is 83.4 Å². The predicted molar refractivity (Wildman–Crippen MR) is 107 cm³/mol. The predicted octanol–water partition coefficient (Wildman–Crippen LogP) is 4.42. The third-order valence-electron chi connectivity index (χ3n) is 4.22. The highest BCUT2D eigenvalue weighted by molar-refractivity contribution is 6.14. The highest BCUT2D eigenvalue weighted by Crippen LogP contribution is 2.30. The van der Waals surface area contributed by atoms with Crippen molar-refractivity contribution in [2.24, 2.45) is 0 Å². The van der Waals surface area contributed by atoms with Gasteiger partial charge in [-0.15, -0.1) is 0 Å². The first-order valence-electron chi connectivity index (χ1n) is 8.62. The molecule has 1 N–H and O–H groups in total. The summed E-state index contributed by atoms with van der Waals surface area (Å²) in [4.78, 5) is 24.6. The summed E-state index contributed by atoms with van der Waals surface area (Å²) in [5.74, 6) is 0.0986. The average molecular weight is 370 g/mol. The fourth-order valence-corrected chi connectivity index (χ4v) is 2.91. The molecule has 0 spiro atoms. The molecule has 0 aliphatic carbocycles. The molecular formula is C23H18N2O3. The molecule has 0 saturated carbocycles. The maximum atomic E-state index is 12.9. The van der Waals surface area contributed by atoms with Crippen LogP contribution in [-0.4, -0.2) is 18.8 Å². The second-order valence-corrected chi connectivity index (χ2v) is 6.20. The molecule has 1 amide bonds. The van der Waals surface area contributed by atoms with Crippen LogP contribution >= 0.6 is 0 Å². The lowest BCUT2D eigenvalue weighted by Gasteiger charge is -2.13. The number of anilines is 1. The van der Waals surface area contributed by atoms with E-state index in [0.29, 0.717) is 28.1 Å². The molecule has 5 heteroatoms. The van der Waals surface area contributed by atoms with E-state index in [1.807, 2.05) is 6.07 Å². The Morgan fingerprint density at radius 3 is 2.36 bits per heavy atom. The number of benzene rings is 3. The van der Waals surface area contributed by atoms with Gasteiger partial charge < -0.3 is 10.1 Å². The molecule has 0 atom stereocenters. The Hall–Kier alpha value is -3.91. The maximum absolute atomic E-state index is 12.9. The summed E-state index contributed by atoms with van der Waals surface area (Å²) in [6.07, 6.45) is 0.